The van der Waals surface area contributed by atoms with Crippen molar-refractivity contribution in [2.24, 2.45) is 0 Å². The van der Waals surface area contributed by atoms with Gasteiger partial charge in [-0.2, -0.15) is 5.10 Å². The number of hydrogen-bond acceptors (Lipinski definition) is 7. The predicted molar refractivity (Wildman–Crippen MR) is 126 cm³/mol. The molecule has 172 valence electrons. The van der Waals surface area contributed by atoms with Gasteiger partial charge >= 0.3 is 0 Å². The van der Waals surface area contributed by atoms with Crippen molar-refractivity contribution in [2.75, 3.05) is 13.1 Å². The summed E-state index contributed by atoms with van der Waals surface area (Å²) in [5, 5.41) is 16.9. The van der Waals surface area contributed by atoms with Gasteiger partial charge in [-0.3, -0.25) is 4.90 Å². The number of nitrogens with zero attached hydrogens (tertiary/aromatic N) is 6. The highest BCUT2D eigenvalue weighted by molar-refractivity contribution is 6.30. The van der Waals surface area contributed by atoms with Gasteiger partial charge in [0.25, 0.3) is 0 Å². The molecule has 9 heteroatoms. The van der Waals surface area contributed by atoms with Gasteiger partial charge in [0.1, 0.15) is 0 Å². The van der Waals surface area contributed by atoms with Gasteiger partial charge in [-0.1, -0.05) is 23.7 Å². The van der Waals surface area contributed by atoms with E-state index in [1.54, 1.807) is 6.92 Å². The minimum absolute atomic E-state index is 0.415. The fourth-order valence-corrected chi connectivity index (χ4v) is 4.75. The Kier molecular flexibility index (Phi) is 6.39. The number of aryl methyl sites for hydroxylation is 2. The number of halogens is 1. The van der Waals surface area contributed by atoms with Crippen LogP contribution >= 0.6 is 11.6 Å². The molecule has 0 spiro atoms. The lowest BCUT2D eigenvalue weighted by Crippen LogP contribution is -2.34. The second-order valence-electron chi connectivity index (χ2n) is 8.69. The summed E-state index contributed by atoms with van der Waals surface area (Å²) in [5.74, 6) is 1.57. The molecule has 8 nitrogen and oxygen atoms in total. The average Bonchev–Trinajstić information content (AvgIpc) is 3.38. The highest BCUT2D eigenvalue weighted by Crippen LogP contribution is 2.29. The molecule has 0 bridgehead atoms. The molecule has 1 N–H and O–H groups in total. The zero-order valence-corrected chi connectivity index (χ0v) is 19.7. The van der Waals surface area contributed by atoms with Crippen LogP contribution in [-0.4, -0.2) is 42.8 Å². The lowest BCUT2D eigenvalue weighted by molar-refractivity contribution is 0.197. The topological polar surface area (TPSA) is 84.4 Å². The zero-order valence-electron chi connectivity index (χ0n) is 19.0. The van der Waals surface area contributed by atoms with Crippen molar-refractivity contribution in [1.29, 1.82) is 0 Å². The molecule has 0 aliphatic carbocycles. The number of benzene rings is 1. The molecule has 1 aliphatic rings. The van der Waals surface area contributed by atoms with E-state index in [1.165, 1.54) is 17.7 Å². The maximum Gasteiger partial charge on any atom is 0.230 e. The molecule has 4 aromatic rings. The summed E-state index contributed by atoms with van der Waals surface area (Å²) in [6.07, 6.45) is 4.23. The maximum absolute atomic E-state index is 6.05. The summed E-state index contributed by atoms with van der Waals surface area (Å²) in [5.41, 5.74) is 5.51. The van der Waals surface area contributed by atoms with E-state index in [0.717, 1.165) is 48.0 Å². The molecule has 1 atom stereocenters. The summed E-state index contributed by atoms with van der Waals surface area (Å²) in [6, 6.07) is 10.3. The van der Waals surface area contributed by atoms with E-state index in [9.17, 15) is 0 Å². The molecule has 1 aliphatic heterocycles. The van der Waals surface area contributed by atoms with Crippen molar-refractivity contribution in [1.82, 2.24) is 35.0 Å². The third kappa shape index (κ3) is 4.93. The Morgan fingerprint density at radius 3 is 2.76 bits per heavy atom. The molecule has 1 unspecified atom stereocenters. The van der Waals surface area contributed by atoms with Crippen LogP contribution in [0.1, 0.15) is 53.1 Å². The number of likely N-dealkylation sites (tertiary alicyclic amines) is 1. The van der Waals surface area contributed by atoms with E-state index in [0.29, 0.717) is 30.8 Å². The van der Waals surface area contributed by atoms with Crippen LogP contribution in [0.15, 0.2) is 40.9 Å². The second-order valence-corrected chi connectivity index (χ2v) is 9.12. The Labute approximate surface area is 198 Å². The predicted octanol–water partition coefficient (Wildman–Crippen LogP) is 4.05. The molecule has 33 heavy (non-hydrogen) atoms. The van der Waals surface area contributed by atoms with Gasteiger partial charge in [-0.25, -0.2) is 9.50 Å². The minimum Gasteiger partial charge on any atom is -0.424 e. The number of nitrogens with one attached hydrogen (secondary N) is 1. The third-order valence-corrected chi connectivity index (χ3v) is 6.49. The molecule has 1 saturated heterocycles. The van der Waals surface area contributed by atoms with Crippen LogP contribution in [0.4, 0.5) is 0 Å². The van der Waals surface area contributed by atoms with E-state index >= 15 is 0 Å². The summed E-state index contributed by atoms with van der Waals surface area (Å²) >= 11 is 6.05. The summed E-state index contributed by atoms with van der Waals surface area (Å²) in [6.45, 7) is 8.03. The third-order valence-electron chi connectivity index (χ3n) is 6.23. The maximum atomic E-state index is 6.05. The number of aromatic nitrogens is 5. The van der Waals surface area contributed by atoms with Crippen molar-refractivity contribution in [3.05, 3.63) is 75.8 Å². The lowest BCUT2D eigenvalue weighted by Gasteiger charge is -2.33. The summed E-state index contributed by atoms with van der Waals surface area (Å²) in [7, 11) is 0. The largest absolute Gasteiger partial charge is 0.424 e. The first kappa shape index (κ1) is 22.0. The molecule has 3 aromatic heterocycles. The number of hydrogen-bond donors (Lipinski definition) is 1. The fraction of sp³-hybridized carbons (Fsp3) is 0.417. The molecular formula is C24H28ClN7O. The Morgan fingerprint density at radius 2 is 1.97 bits per heavy atom. The molecule has 0 amide bonds. The van der Waals surface area contributed by atoms with E-state index < -0.39 is 0 Å². The van der Waals surface area contributed by atoms with Gasteiger partial charge in [0, 0.05) is 49.3 Å². The van der Waals surface area contributed by atoms with E-state index in [2.05, 4.69) is 43.6 Å². The normalized spacial score (nSPS) is 17.1. The number of piperidine rings is 1. The van der Waals surface area contributed by atoms with Gasteiger partial charge in [0.05, 0.1) is 17.9 Å². The average molecular weight is 466 g/mol. The molecule has 1 aromatic carbocycles. The highest BCUT2D eigenvalue weighted by Gasteiger charge is 2.25. The van der Waals surface area contributed by atoms with Crippen LogP contribution in [0.3, 0.4) is 0 Å². The van der Waals surface area contributed by atoms with Crippen molar-refractivity contribution in [3.8, 4) is 0 Å². The van der Waals surface area contributed by atoms with Crippen molar-refractivity contribution >= 4 is 17.2 Å². The highest BCUT2D eigenvalue weighted by atomic mass is 35.5. The summed E-state index contributed by atoms with van der Waals surface area (Å²) < 4.78 is 7.49. The van der Waals surface area contributed by atoms with Gasteiger partial charge in [0.2, 0.25) is 11.8 Å². The smallest absolute Gasteiger partial charge is 0.230 e. The standard InChI is InChI=1S/C24H28ClN7O/c1-16-21(12-26-13-23-29-28-17(2)33-23)24-27-10-9-22(32(24)30-16)19-4-3-11-31(15-19)14-18-5-7-20(25)8-6-18/h5-10,19,26H,3-4,11-15H2,1-2H3. The van der Waals surface area contributed by atoms with Crippen LogP contribution in [-0.2, 0) is 19.6 Å². The van der Waals surface area contributed by atoms with E-state index in [-0.39, 0.29) is 0 Å². The Bertz CT molecular complexity index is 1230. The van der Waals surface area contributed by atoms with Gasteiger partial charge in [0.15, 0.2) is 5.65 Å². The second kappa shape index (κ2) is 9.59. The molecule has 4 heterocycles. The van der Waals surface area contributed by atoms with E-state index in [4.69, 9.17) is 21.1 Å². The van der Waals surface area contributed by atoms with Crippen LogP contribution in [0.25, 0.3) is 5.65 Å². The van der Waals surface area contributed by atoms with Gasteiger partial charge < -0.3 is 9.73 Å². The molecule has 1 fully saturated rings. The molecular weight excluding hydrogens is 438 g/mol. The quantitative estimate of drug-likeness (QED) is 0.440. The number of fused-ring (bicyclic) bond motifs is 1. The first-order chi connectivity index (χ1) is 16.1. The first-order valence-electron chi connectivity index (χ1n) is 11.4. The Hall–Kier alpha value is -2.81. The molecule has 0 radical (unpaired) electrons. The summed E-state index contributed by atoms with van der Waals surface area (Å²) in [4.78, 5) is 7.19. The first-order valence-corrected chi connectivity index (χ1v) is 11.7. The monoisotopic (exact) mass is 465 g/mol. The Morgan fingerprint density at radius 1 is 1.12 bits per heavy atom. The van der Waals surface area contributed by atoms with Crippen molar-refractivity contribution in [3.63, 3.8) is 0 Å². The molecule has 0 saturated carbocycles. The lowest BCUT2D eigenvalue weighted by atomic mass is 9.94. The fourth-order valence-electron chi connectivity index (χ4n) is 4.62. The van der Waals surface area contributed by atoms with Gasteiger partial charge in [-0.05, 0) is 50.1 Å². The molecule has 5 rings (SSSR count). The SMILES string of the molecule is Cc1nnc(CNCc2c(C)nn3c(C4CCCN(Cc5ccc(Cl)cc5)C4)ccnc23)o1. The van der Waals surface area contributed by atoms with Crippen molar-refractivity contribution in [2.45, 2.75) is 52.2 Å². The van der Waals surface area contributed by atoms with Crippen LogP contribution in [0, 0.1) is 13.8 Å². The van der Waals surface area contributed by atoms with Crippen LogP contribution < -0.4 is 5.32 Å². The van der Waals surface area contributed by atoms with Crippen molar-refractivity contribution < 1.29 is 4.42 Å². The van der Waals surface area contributed by atoms with E-state index in [1.807, 2.05) is 29.8 Å². The zero-order chi connectivity index (χ0) is 22.8. The Balaban J connectivity index is 1.31. The minimum atomic E-state index is 0.415. The van der Waals surface area contributed by atoms with Crippen LogP contribution in [0.5, 0.6) is 0 Å². The van der Waals surface area contributed by atoms with Gasteiger partial charge in [-0.15, -0.1) is 10.2 Å². The number of rotatable bonds is 7. The van der Waals surface area contributed by atoms with Crippen LogP contribution in [0.2, 0.25) is 5.02 Å².